The van der Waals surface area contributed by atoms with Gasteiger partial charge in [0.15, 0.2) is 0 Å². The van der Waals surface area contributed by atoms with Gasteiger partial charge in [0.05, 0.1) is 30.8 Å². The van der Waals surface area contributed by atoms with E-state index in [2.05, 4.69) is 11.0 Å². The number of ether oxygens (including phenoxy) is 1. The van der Waals surface area contributed by atoms with Crippen LogP contribution in [-0.4, -0.2) is 49.0 Å². The lowest BCUT2D eigenvalue weighted by atomic mass is 9.89. The summed E-state index contributed by atoms with van der Waals surface area (Å²) in [5.41, 5.74) is -0.175. The van der Waals surface area contributed by atoms with Crippen LogP contribution in [0.3, 0.4) is 0 Å². The Morgan fingerprint density at radius 3 is 2.58 bits per heavy atom. The van der Waals surface area contributed by atoms with Gasteiger partial charge in [0.2, 0.25) is 0 Å². The summed E-state index contributed by atoms with van der Waals surface area (Å²) in [7, 11) is 0. The number of aliphatic hydroxyl groups is 1. The molecule has 0 aromatic carbocycles. The molecule has 110 valence electrons. The molecule has 1 heterocycles. The number of nitriles is 1. The van der Waals surface area contributed by atoms with E-state index in [0.717, 1.165) is 45.3 Å². The third-order valence-corrected chi connectivity index (χ3v) is 3.81. The van der Waals surface area contributed by atoms with Crippen LogP contribution in [0.15, 0.2) is 0 Å². The van der Waals surface area contributed by atoms with Gasteiger partial charge < -0.3 is 14.7 Å². The van der Waals surface area contributed by atoms with Crippen molar-refractivity contribution >= 4 is 0 Å². The van der Waals surface area contributed by atoms with Crippen LogP contribution in [0.5, 0.6) is 0 Å². The fourth-order valence-corrected chi connectivity index (χ4v) is 2.48. The van der Waals surface area contributed by atoms with Crippen molar-refractivity contribution in [1.29, 1.82) is 5.26 Å². The summed E-state index contributed by atoms with van der Waals surface area (Å²) in [4.78, 5) is 2.48. The van der Waals surface area contributed by atoms with Crippen molar-refractivity contribution in [2.24, 2.45) is 5.41 Å². The summed E-state index contributed by atoms with van der Waals surface area (Å²) < 4.78 is 5.55. The lowest BCUT2D eigenvalue weighted by Crippen LogP contribution is -2.37. The quantitative estimate of drug-likeness (QED) is 0.686. The van der Waals surface area contributed by atoms with Crippen LogP contribution in [0.2, 0.25) is 0 Å². The number of unbranched alkanes of at least 4 members (excludes halogenated alkanes) is 1. The maximum atomic E-state index is 8.95. The largest absolute Gasteiger partial charge is 0.394 e. The molecule has 0 atom stereocenters. The monoisotopic (exact) mass is 268 g/mol. The van der Waals surface area contributed by atoms with Gasteiger partial charge >= 0.3 is 0 Å². The van der Waals surface area contributed by atoms with Gasteiger partial charge in [-0.3, -0.25) is 0 Å². The molecule has 4 nitrogen and oxygen atoms in total. The normalized spacial score (nSPS) is 18.4. The highest BCUT2D eigenvalue weighted by molar-refractivity contribution is 4.91. The first-order valence-electron chi connectivity index (χ1n) is 7.43. The maximum absolute atomic E-state index is 8.95. The molecule has 19 heavy (non-hydrogen) atoms. The Morgan fingerprint density at radius 1 is 1.32 bits per heavy atom. The van der Waals surface area contributed by atoms with Crippen molar-refractivity contribution in [3.63, 3.8) is 0 Å². The van der Waals surface area contributed by atoms with Crippen molar-refractivity contribution in [3.05, 3.63) is 0 Å². The van der Waals surface area contributed by atoms with E-state index >= 15 is 0 Å². The van der Waals surface area contributed by atoms with E-state index in [1.165, 1.54) is 6.42 Å². The minimum Gasteiger partial charge on any atom is -0.394 e. The first-order valence-corrected chi connectivity index (χ1v) is 7.43. The van der Waals surface area contributed by atoms with E-state index in [4.69, 9.17) is 15.1 Å². The summed E-state index contributed by atoms with van der Waals surface area (Å²) in [6, 6.07) is 2.35. The first-order chi connectivity index (χ1) is 9.07. The van der Waals surface area contributed by atoms with Crippen molar-refractivity contribution in [2.45, 2.75) is 52.1 Å². The lowest BCUT2D eigenvalue weighted by molar-refractivity contribution is -0.00792. The minimum atomic E-state index is -0.175. The van der Waals surface area contributed by atoms with Gasteiger partial charge in [-0.25, -0.2) is 0 Å². The van der Waals surface area contributed by atoms with Crippen molar-refractivity contribution in [2.75, 3.05) is 32.8 Å². The summed E-state index contributed by atoms with van der Waals surface area (Å²) >= 11 is 0. The van der Waals surface area contributed by atoms with E-state index in [1.54, 1.807) is 0 Å². The fraction of sp³-hybridized carbons (Fsp3) is 0.933. The summed E-state index contributed by atoms with van der Waals surface area (Å²) in [5.74, 6) is 0. The van der Waals surface area contributed by atoms with E-state index < -0.39 is 0 Å². The molecule has 1 aliphatic heterocycles. The Labute approximate surface area is 117 Å². The van der Waals surface area contributed by atoms with Crippen LogP contribution < -0.4 is 0 Å². The molecule has 0 spiro atoms. The van der Waals surface area contributed by atoms with Crippen LogP contribution in [-0.2, 0) is 4.74 Å². The molecule has 1 saturated heterocycles. The predicted molar refractivity (Wildman–Crippen MR) is 75.7 cm³/mol. The summed E-state index contributed by atoms with van der Waals surface area (Å²) in [6.45, 7) is 7.93. The number of rotatable bonds is 8. The molecule has 0 unspecified atom stereocenters. The smallest absolute Gasteiger partial charge is 0.0701 e. The molecule has 0 saturated carbocycles. The second kappa shape index (κ2) is 8.52. The van der Waals surface area contributed by atoms with Crippen LogP contribution in [0.25, 0.3) is 0 Å². The highest BCUT2D eigenvalue weighted by Gasteiger charge is 2.20. The van der Waals surface area contributed by atoms with Crippen LogP contribution in [0, 0.1) is 16.7 Å². The Morgan fingerprint density at radius 2 is 2.00 bits per heavy atom. The summed E-state index contributed by atoms with van der Waals surface area (Å²) in [5, 5.41) is 17.7. The van der Waals surface area contributed by atoms with E-state index in [-0.39, 0.29) is 12.0 Å². The van der Waals surface area contributed by atoms with E-state index in [0.29, 0.717) is 12.7 Å². The van der Waals surface area contributed by atoms with Crippen LogP contribution >= 0.6 is 0 Å². The second-order valence-electron chi connectivity index (χ2n) is 6.09. The van der Waals surface area contributed by atoms with Crippen LogP contribution in [0.1, 0.15) is 46.0 Å². The maximum Gasteiger partial charge on any atom is 0.0701 e. The number of piperidine rings is 1. The number of hydrogen-bond donors (Lipinski definition) is 1. The number of hydrogen-bond acceptors (Lipinski definition) is 4. The molecule has 4 heteroatoms. The fourth-order valence-electron chi connectivity index (χ4n) is 2.48. The molecule has 0 amide bonds. The zero-order valence-corrected chi connectivity index (χ0v) is 12.4. The zero-order valence-electron chi connectivity index (χ0n) is 12.4. The third kappa shape index (κ3) is 6.91. The molecule has 1 fully saturated rings. The molecule has 1 N–H and O–H groups in total. The van der Waals surface area contributed by atoms with Gasteiger partial charge in [0.25, 0.3) is 0 Å². The molecule has 0 aromatic rings. The van der Waals surface area contributed by atoms with Crippen molar-refractivity contribution < 1.29 is 9.84 Å². The van der Waals surface area contributed by atoms with Gasteiger partial charge in [-0.2, -0.15) is 5.26 Å². The van der Waals surface area contributed by atoms with Gasteiger partial charge in [0.1, 0.15) is 0 Å². The molecule has 1 aliphatic rings. The predicted octanol–water partition coefficient (Wildman–Crippen LogP) is 2.18. The van der Waals surface area contributed by atoms with E-state index in [1.807, 2.05) is 13.8 Å². The number of nitrogens with zero attached hydrogens (tertiary/aromatic N) is 2. The van der Waals surface area contributed by atoms with Crippen LogP contribution in [0.4, 0.5) is 0 Å². The van der Waals surface area contributed by atoms with Crippen molar-refractivity contribution in [1.82, 2.24) is 4.90 Å². The molecule has 0 aromatic heterocycles. The van der Waals surface area contributed by atoms with Gasteiger partial charge in [-0.15, -0.1) is 0 Å². The average Bonchev–Trinajstić information content (AvgIpc) is 2.42. The molecule has 1 rings (SSSR count). The number of aliphatic hydroxyl groups excluding tert-OH is 1. The Kier molecular flexibility index (Phi) is 7.37. The highest BCUT2D eigenvalue weighted by atomic mass is 16.5. The Balaban J connectivity index is 2.05. The highest BCUT2D eigenvalue weighted by Crippen LogP contribution is 2.22. The Bertz CT molecular complexity index is 278. The third-order valence-electron chi connectivity index (χ3n) is 3.81. The first kappa shape index (κ1) is 16.4. The minimum absolute atomic E-state index is 0.120. The zero-order chi connectivity index (χ0) is 14.1. The molecule has 0 bridgehead atoms. The number of likely N-dealkylation sites (tertiary alicyclic amines) is 1. The SMILES string of the molecule is CC(C)(C#N)CCCCN1CCC(OCCO)CC1. The molecular weight excluding hydrogens is 240 g/mol. The average molecular weight is 268 g/mol. The molecule has 0 radical (unpaired) electrons. The molecular formula is C15H28N2O2. The van der Waals surface area contributed by atoms with Crippen molar-refractivity contribution in [3.8, 4) is 6.07 Å². The topological polar surface area (TPSA) is 56.5 Å². The van der Waals surface area contributed by atoms with E-state index in [9.17, 15) is 0 Å². The van der Waals surface area contributed by atoms with Gasteiger partial charge in [-0.1, -0.05) is 6.42 Å². The second-order valence-corrected chi connectivity index (χ2v) is 6.09. The molecule has 0 aliphatic carbocycles. The van der Waals surface area contributed by atoms with Gasteiger partial charge in [-0.05, 0) is 46.1 Å². The lowest BCUT2D eigenvalue weighted by Gasteiger charge is -2.31. The standard InChI is InChI=1S/C15H28N2O2/c1-15(2,13-16)7-3-4-8-17-9-5-14(6-10-17)19-12-11-18/h14,18H,3-12H2,1-2H3. The Hall–Kier alpha value is -0.630. The summed E-state index contributed by atoms with van der Waals surface area (Å²) in [6.07, 6.45) is 5.77. The van der Waals surface area contributed by atoms with Gasteiger partial charge in [0, 0.05) is 13.1 Å².